The zero-order valence-electron chi connectivity index (χ0n) is 11.8. The van der Waals surface area contributed by atoms with E-state index in [9.17, 15) is 0 Å². The lowest BCUT2D eigenvalue weighted by Crippen LogP contribution is -2.28. The van der Waals surface area contributed by atoms with E-state index in [1.54, 1.807) is 14.2 Å². The molecule has 0 fully saturated rings. The Hall–Kier alpha value is -0.473. The van der Waals surface area contributed by atoms with Gasteiger partial charge in [0.1, 0.15) is 0 Å². The van der Waals surface area contributed by atoms with Crippen LogP contribution in [0.2, 0.25) is 0 Å². The summed E-state index contributed by atoms with van der Waals surface area (Å²) in [5, 5.41) is 3.99. The summed E-state index contributed by atoms with van der Waals surface area (Å²) in [4.78, 5) is 0. The van der Waals surface area contributed by atoms with Gasteiger partial charge in [0.2, 0.25) is 0 Å². The molecule has 0 N–H and O–H groups in total. The molecule has 108 valence electrons. The lowest BCUT2D eigenvalue weighted by atomic mass is 10.3. The van der Waals surface area contributed by atoms with E-state index < -0.39 is 9.76 Å². The summed E-state index contributed by atoms with van der Waals surface area (Å²) in [6, 6.07) is 0. The molecule has 0 bridgehead atoms. The second-order valence-electron chi connectivity index (χ2n) is 3.63. The van der Waals surface area contributed by atoms with E-state index in [4.69, 9.17) is 23.5 Å². The SMILES string of the molecule is CCC(C)=NO[SiH2]C(OCCOC)OCCOC. The first-order chi connectivity index (χ1) is 8.74. The Morgan fingerprint density at radius 2 is 1.61 bits per heavy atom. The lowest BCUT2D eigenvalue weighted by Gasteiger charge is -2.16. The van der Waals surface area contributed by atoms with Crippen LogP contribution in [0, 0.1) is 0 Å². The maximum absolute atomic E-state index is 5.51. The summed E-state index contributed by atoms with van der Waals surface area (Å²) in [5.41, 5.74) is 0.968. The zero-order valence-corrected chi connectivity index (χ0v) is 13.2. The number of hydrogen-bond donors (Lipinski definition) is 0. The van der Waals surface area contributed by atoms with E-state index in [2.05, 4.69) is 5.16 Å². The number of oxime groups is 1. The van der Waals surface area contributed by atoms with Crippen molar-refractivity contribution in [3.63, 3.8) is 0 Å². The van der Waals surface area contributed by atoms with Gasteiger partial charge in [-0.15, -0.1) is 5.16 Å². The molecule has 0 rings (SSSR count). The van der Waals surface area contributed by atoms with Gasteiger partial charge in [-0.2, -0.15) is 0 Å². The fraction of sp³-hybridized carbons (Fsp3) is 0.909. The molecule has 0 unspecified atom stereocenters. The van der Waals surface area contributed by atoms with Gasteiger partial charge in [-0.05, 0) is 13.3 Å². The molecule has 0 heterocycles. The Morgan fingerprint density at radius 3 is 2.06 bits per heavy atom. The Morgan fingerprint density at radius 1 is 1.06 bits per heavy atom. The topological polar surface area (TPSA) is 58.5 Å². The Balaban J connectivity index is 3.87. The quantitative estimate of drug-likeness (QED) is 0.171. The second-order valence-corrected chi connectivity index (χ2v) is 4.89. The Bertz CT molecular complexity index is 206. The Kier molecular flexibility index (Phi) is 12.6. The van der Waals surface area contributed by atoms with Crippen LogP contribution in [0.1, 0.15) is 20.3 Å². The highest BCUT2D eigenvalue weighted by Crippen LogP contribution is 1.96. The number of hydrogen-bond acceptors (Lipinski definition) is 6. The van der Waals surface area contributed by atoms with Gasteiger partial charge in [0.05, 0.1) is 32.1 Å². The predicted octanol–water partition coefficient (Wildman–Crippen LogP) is 0.482. The molecule has 0 aromatic carbocycles. The van der Waals surface area contributed by atoms with Crippen molar-refractivity contribution in [3.8, 4) is 0 Å². The fourth-order valence-corrected chi connectivity index (χ4v) is 1.89. The zero-order chi connectivity index (χ0) is 13.6. The first kappa shape index (κ1) is 17.5. The largest absolute Gasteiger partial charge is 0.457 e. The molecule has 0 amide bonds. The van der Waals surface area contributed by atoms with Gasteiger partial charge >= 0.3 is 9.76 Å². The minimum absolute atomic E-state index is 0.316. The average Bonchev–Trinajstić information content (AvgIpc) is 2.38. The molecule has 0 saturated carbocycles. The summed E-state index contributed by atoms with van der Waals surface area (Å²) < 4.78 is 26.2. The molecule has 0 aliphatic rings. The molecule has 0 aromatic rings. The summed E-state index contributed by atoms with van der Waals surface area (Å²) >= 11 is 0. The third-order valence-electron chi connectivity index (χ3n) is 2.13. The van der Waals surface area contributed by atoms with Gasteiger partial charge in [-0.1, -0.05) is 6.92 Å². The van der Waals surface area contributed by atoms with Gasteiger partial charge in [0.15, 0.2) is 5.91 Å². The van der Waals surface area contributed by atoms with Crippen molar-refractivity contribution in [1.82, 2.24) is 0 Å². The summed E-state index contributed by atoms with van der Waals surface area (Å²) in [6.07, 6.45) is 0.883. The molecular weight excluding hydrogens is 254 g/mol. The van der Waals surface area contributed by atoms with Gasteiger partial charge < -0.3 is 23.5 Å². The molecule has 7 heteroatoms. The van der Waals surface area contributed by atoms with Crippen LogP contribution in [0.15, 0.2) is 5.16 Å². The summed E-state index contributed by atoms with van der Waals surface area (Å²) in [7, 11) is 2.24. The van der Waals surface area contributed by atoms with Crippen molar-refractivity contribution < 1.29 is 23.5 Å². The van der Waals surface area contributed by atoms with Gasteiger partial charge in [0.25, 0.3) is 0 Å². The molecule has 0 aliphatic carbocycles. The van der Waals surface area contributed by atoms with Crippen LogP contribution in [0.5, 0.6) is 0 Å². The van der Waals surface area contributed by atoms with Crippen molar-refractivity contribution in [2.24, 2.45) is 5.16 Å². The first-order valence-corrected chi connectivity index (χ1v) is 7.50. The highest BCUT2D eigenvalue weighted by molar-refractivity contribution is 6.28. The van der Waals surface area contributed by atoms with Crippen molar-refractivity contribution in [3.05, 3.63) is 0 Å². The minimum Gasteiger partial charge on any atom is -0.457 e. The normalized spacial score (nSPS) is 12.8. The van der Waals surface area contributed by atoms with E-state index in [1.807, 2.05) is 13.8 Å². The van der Waals surface area contributed by atoms with Crippen LogP contribution in [0.25, 0.3) is 0 Å². The molecule has 18 heavy (non-hydrogen) atoms. The van der Waals surface area contributed by atoms with Crippen LogP contribution >= 0.6 is 0 Å². The van der Waals surface area contributed by atoms with Crippen molar-refractivity contribution in [2.45, 2.75) is 26.2 Å². The van der Waals surface area contributed by atoms with Crippen LogP contribution < -0.4 is 0 Å². The lowest BCUT2D eigenvalue weighted by molar-refractivity contribution is -0.114. The molecule has 0 atom stereocenters. The highest BCUT2D eigenvalue weighted by atomic mass is 28.2. The van der Waals surface area contributed by atoms with Crippen molar-refractivity contribution >= 4 is 15.5 Å². The maximum Gasteiger partial charge on any atom is 0.316 e. The monoisotopic (exact) mass is 279 g/mol. The summed E-state index contributed by atoms with van der Waals surface area (Å²) in [6.45, 7) is 6.01. The van der Waals surface area contributed by atoms with Crippen LogP contribution in [-0.2, 0) is 23.5 Å². The van der Waals surface area contributed by atoms with Crippen molar-refractivity contribution in [1.29, 1.82) is 0 Å². The fourth-order valence-electron chi connectivity index (χ4n) is 0.943. The molecule has 0 spiro atoms. The molecule has 0 radical (unpaired) electrons. The van der Waals surface area contributed by atoms with Crippen LogP contribution in [0.4, 0.5) is 0 Å². The van der Waals surface area contributed by atoms with Gasteiger partial charge in [-0.25, -0.2) is 0 Å². The molecular formula is C11H25NO5Si. The van der Waals surface area contributed by atoms with Crippen LogP contribution in [-0.4, -0.2) is 62.0 Å². The van der Waals surface area contributed by atoms with E-state index in [0.29, 0.717) is 26.4 Å². The number of methoxy groups -OCH3 is 2. The highest BCUT2D eigenvalue weighted by Gasteiger charge is 2.12. The van der Waals surface area contributed by atoms with E-state index in [-0.39, 0.29) is 5.91 Å². The van der Waals surface area contributed by atoms with E-state index in [0.717, 1.165) is 12.1 Å². The van der Waals surface area contributed by atoms with E-state index in [1.165, 1.54) is 0 Å². The average molecular weight is 279 g/mol. The van der Waals surface area contributed by atoms with Gasteiger partial charge in [0, 0.05) is 14.2 Å². The Labute approximate surface area is 112 Å². The smallest absolute Gasteiger partial charge is 0.316 e. The third kappa shape index (κ3) is 10.7. The minimum atomic E-state index is -1.03. The van der Waals surface area contributed by atoms with Crippen LogP contribution in [0.3, 0.4) is 0 Å². The summed E-state index contributed by atoms with van der Waals surface area (Å²) in [5.74, 6) is -0.316. The molecule has 0 aromatic heterocycles. The molecule has 0 saturated heterocycles. The second kappa shape index (κ2) is 13.0. The van der Waals surface area contributed by atoms with E-state index >= 15 is 0 Å². The predicted molar refractivity (Wildman–Crippen MR) is 72.5 cm³/mol. The molecule has 6 nitrogen and oxygen atoms in total. The molecule has 0 aliphatic heterocycles. The maximum atomic E-state index is 5.51. The number of rotatable bonds is 12. The van der Waals surface area contributed by atoms with Gasteiger partial charge in [-0.3, -0.25) is 0 Å². The standard InChI is InChI=1S/C11H25NO5Si/c1-5-10(2)12-17-18-11(15-8-6-13-3)16-9-7-14-4/h11H,5-9,18H2,1-4H3. The number of ether oxygens (including phenoxy) is 4. The van der Waals surface area contributed by atoms with Crippen molar-refractivity contribution in [2.75, 3.05) is 40.6 Å². The third-order valence-corrected chi connectivity index (χ3v) is 3.15. The first-order valence-electron chi connectivity index (χ1n) is 6.11. The number of nitrogens with zero attached hydrogens (tertiary/aromatic N) is 1.